The minimum Gasteiger partial charge on any atom is -0.306 e. The van der Waals surface area contributed by atoms with Crippen LogP contribution in [-0.2, 0) is 6.42 Å². The van der Waals surface area contributed by atoms with Crippen LogP contribution in [0.15, 0.2) is 24.7 Å². The molecule has 6 heteroatoms. The zero-order valence-corrected chi connectivity index (χ0v) is 12.6. The minimum absolute atomic E-state index is 0.142. The largest absolute Gasteiger partial charge is 0.306 e. The van der Waals surface area contributed by atoms with Crippen molar-refractivity contribution >= 4 is 23.2 Å². The van der Waals surface area contributed by atoms with Gasteiger partial charge in [-0.2, -0.15) is 0 Å². The van der Waals surface area contributed by atoms with Gasteiger partial charge in [-0.05, 0) is 18.1 Å². The summed E-state index contributed by atoms with van der Waals surface area (Å²) in [5, 5.41) is 0.284. The van der Waals surface area contributed by atoms with Gasteiger partial charge in [0.25, 0.3) is 5.91 Å². The fourth-order valence-electron chi connectivity index (χ4n) is 2.38. The second-order valence-corrected chi connectivity index (χ2v) is 5.70. The van der Waals surface area contributed by atoms with E-state index in [-0.39, 0.29) is 22.5 Å². The Morgan fingerprint density at radius 2 is 2.19 bits per heavy atom. The van der Waals surface area contributed by atoms with Crippen molar-refractivity contribution in [1.82, 2.24) is 15.0 Å². The molecule has 2 aromatic rings. The lowest BCUT2D eigenvalue weighted by Crippen LogP contribution is -2.30. The number of anilines is 1. The summed E-state index contributed by atoms with van der Waals surface area (Å²) in [7, 11) is 0. The zero-order valence-electron chi connectivity index (χ0n) is 11.9. The van der Waals surface area contributed by atoms with Crippen molar-refractivity contribution in [2.24, 2.45) is 0 Å². The normalized spacial score (nSPS) is 13.6. The third-order valence-corrected chi connectivity index (χ3v) is 3.78. The molecular formula is C15H15ClN4O. The molecule has 0 bridgehead atoms. The number of halogens is 1. The van der Waals surface area contributed by atoms with Crippen LogP contribution >= 0.6 is 11.6 Å². The van der Waals surface area contributed by atoms with E-state index in [1.165, 1.54) is 6.20 Å². The summed E-state index contributed by atoms with van der Waals surface area (Å²) in [5.41, 5.74) is 2.22. The molecule has 2 aromatic heterocycles. The predicted octanol–water partition coefficient (Wildman–Crippen LogP) is 2.85. The summed E-state index contributed by atoms with van der Waals surface area (Å²) in [4.78, 5) is 27.0. The number of carbonyl (C=O) groups excluding carboxylic acids is 1. The monoisotopic (exact) mass is 302 g/mol. The van der Waals surface area contributed by atoms with Crippen LogP contribution in [0.4, 0.5) is 5.69 Å². The SMILES string of the molecule is CC(C)c1ncc(Cl)c(C(=O)N2CCc3cnccc32)n1. The molecule has 0 radical (unpaired) electrons. The van der Waals surface area contributed by atoms with E-state index < -0.39 is 0 Å². The Bertz CT molecular complexity index is 702. The van der Waals surface area contributed by atoms with Gasteiger partial charge in [0.05, 0.1) is 16.9 Å². The Hall–Kier alpha value is -2.01. The van der Waals surface area contributed by atoms with Crippen LogP contribution in [0.25, 0.3) is 0 Å². The molecule has 0 aliphatic carbocycles. The second-order valence-electron chi connectivity index (χ2n) is 5.29. The molecule has 1 amide bonds. The highest BCUT2D eigenvalue weighted by atomic mass is 35.5. The van der Waals surface area contributed by atoms with E-state index in [9.17, 15) is 4.79 Å². The average molecular weight is 303 g/mol. The summed E-state index contributed by atoms with van der Waals surface area (Å²) >= 11 is 6.12. The molecule has 108 valence electrons. The van der Waals surface area contributed by atoms with E-state index in [0.717, 1.165) is 17.7 Å². The highest BCUT2D eigenvalue weighted by Crippen LogP contribution is 2.29. The fraction of sp³-hybridized carbons (Fsp3) is 0.333. The summed E-state index contributed by atoms with van der Waals surface area (Å²) in [6.45, 7) is 4.58. The van der Waals surface area contributed by atoms with Crippen LogP contribution in [0, 0.1) is 0 Å². The summed E-state index contributed by atoms with van der Waals surface area (Å²) < 4.78 is 0. The van der Waals surface area contributed by atoms with Crippen molar-refractivity contribution in [1.29, 1.82) is 0 Å². The first-order valence-corrected chi connectivity index (χ1v) is 7.23. The second kappa shape index (κ2) is 5.41. The van der Waals surface area contributed by atoms with Gasteiger partial charge in [-0.25, -0.2) is 9.97 Å². The van der Waals surface area contributed by atoms with Gasteiger partial charge in [0.1, 0.15) is 5.82 Å². The summed E-state index contributed by atoms with van der Waals surface area (Å²) in [5.74, 6) is 0.579. The molecule has 0 spiro atoms. The van der Waals surface area contributed by atoms with Crippen molar-refractivity contribution in [2.75, 3.05) is 11.4 Å². The molecule has 1 aliphatic heterocycles. The van der Waals surface area contributed by atoms with Crippen LogP contribution in [0.5, 0.6) is 0 Å². The lowest BCUT2D eigenvalue weighted by atomic mass is 10.2. The first kappa shape index (κ1) is 13.9. The van der Waals surface area contributed by atoms with Crippen molar-refractivity contribution in [3.63, 3.8) is 0 Å². The van der Waals surface area contributed by atoms with Gasteiger partial charge in [-0.15, -0.1) is 0 Å². The Morgan fingerprint density at radius 1 is 1.38 bits per heavy atom. The average Bonchev–Trinajstić information content (AvgIpc) is 2.90. The van der Waals surface area contributed by atoms with E-state index in [2.05, 4.69) is 15.0 Å². The van der Waals surface area contributed by atoms with Crippen molar-refractivity contribution in [3.05, 3.63) is 46.8 Å². The maximum atomic E-state index is 12.7. The van der Waals surface area contributed by atoms with Crippen LogP contribution in [0.2, 0.25) is 5.02 Å². The van der Waals surface area contributed by atoms with Crippen molar-refractivity contribution < 1.29 is 4.79 Å². The molecule has 0 N–H and O–H groups in total. The molecule has 0 fully saturated rings. The predicted molar refractivity (Wildman–Crippen MR) is 80.7 cm³/mol. The number of carbonyl (C=O) groups is 1. The number of hydrogen-bond donors (Lipinski definition) is 0. The highest BCUT2D eigenvalue weighted by molar-refractivity contribution is 6.34. The number of aromatic nitrogens is 3. The lowest BCUT2D eigenvalue weighted by Gasteiger charge is -2.17. The first-order valence-electron chi connectivity index (χ1n) is 6.85. The van der Waals surface area contributed by atoms with Gasteiger partial charge < -0.3 is 4.90 Å². The number of fused-ring (bicyclic) bond motifs is 1. The minimum atomic E-state index is -0.186. The molecule has 3 heterocycles. The van der Waals surface area contributed by atoms with Crippen LogP contribution in [-0.4, -0.2) is 27.4 Å². The Morgan fingerprint density at radius 3 is 2.95 bits per heavy atom. The Kier molecular flexibility index (Phi) is 3.59. The Balaban J connectivity index is 1.98. The molecule has 0 aromatic carbocycles. The molecular weight excluding hydrogens is 288 g/mol. The van der Waals surface area contributed by atoms with Gasteiger partial charge in [-0.3, -0.25) is 9.78 Å². The molecule has 5 nitrogen and oxygen atoms in total. The number of pyridine rings is 1. The summed E-state index contributed by atoms with van der Waals surface area (Å²) in [6.07, 6.45) is 5.78. The van der Waals surface area contributed by atoms with E-state index >= 15 is 0 Å². The van der Waals surface area contributed by atoms with Gasteiger partial charge in [-0.1, -0.05) is 25.4 Å². The molecule has 0 atom stereocenters. The third kappa shape index (κ3) is 2.49. The molecule has 21 heavy (non-hydrogen) atoms. The van der Waals surface area contributed by atoms with E-state index in [1.54, 1.807) is 17.3 Å². The van der Waals surface area contributed by atoms with Gasteiger partial charge in [0.2, 0.25) is 0 Å². The van der Waals surface area contributed by atoms with Crippen LogP contribution < -0.4 is 4.90 Å². The zero-order chi connectivity index (χ0) is 15.0. The summed E-state index contributed by atoms with van der Waals surface area (Å²) in [6, 6.07) is 1.85. The number of amides is 1. The fourth-order valence-corrected chi connectivity index (χ4v) is 2.55. The van der Waals surface area contributed by atoms with Crippen molar-refractivity contribution in [2.45, 2.75) is 26.2 Å². The van der Waals surface area contributed by atoms with Crippen molar-refractivity contribution in [3.8, 4) is 0 Å². The Labute approximate surface area is 128 Å². The quantitative estimate of drug-likeness (QED) is 0.856. The topological polar surface area (TPSA) is 59.0 Å². The standard InChI is InChI=1S/C15H15ClN4O/c1-9(2)14-18-8-11(16)13(19-14)15(21)20-6-4-10-7-17-5-3-12(10)20/h3,5,7-9H,4,6H2,1-2H3. The highest BCUT2D eigenvalue weighted by Gasteiger charge is 2.28. The molecule has 3 rings (SSSR count). The molecule has 1 aliphatic rings. The van der Waals surface area contributed by atoms with E-state index in [4.69, 9.17) is 11.6 Å². The van der Waals surface area contributed by atoms with Crippen LogP contribution in [0.3, 0.4) is 0 Å². The lowest BCUT2D eigenvalue weighted by molar-refractivity contribution is 0.0984. The van der Waals surface area contributed by atoms with E-state index in [0.29, 0.717) is 12.4 Å². The maximum Gasteiger partial charge on any atom is 0.278 e. The third-order valence-electron chi connectivity index (χ3n) is 3.50. The maximum absolute atomic E-state index is 12.7. The molecule has 0 unspecified atom stereocenters. The number of hydrogen-bond acceptors (Lipinski definition) is 4. The molecule has 0 saturated heterocycles. The molecule has 0 saturated carbocycles. The number of rotatable bonds is 2. The smallest absolute Gasteiger partial charge is 0.278 e. The van der Waals surface area contributed by atoms with Gasteiger partial charge in [0.15, 0.2) is 5.69 Å². The number of nitrogens with zero attached hydrogens (tertiary/aromatic N) is 4. The first-order chi connectivity index (χ1) is 10.1. The van der Waals surface area contributed by atoms with Crippen LogP contribution in [0.1, 0.15) is 41.6 Å². The van der Waals surface area contributed by atoms with Gasteiger partial charge >= 0.3 is 0 Å². The van der Waals surface area contributed by atoms with E-state index in [1.807, 2.05) is 19.9 Å². The van der Waals surface area contributed by atoms with Gasteiger partial charge in [0, 0.05) is 24.9 Å².